The molecule has 0 N–H and O–H groups in total. The molecule has 4 fully saturated rings. The van der Waals surface area contributed by atoms with E-state index >= 15 is 0 Å². The fourth-order valence-electron chi connectivity index (χ4n) is 5.32. The van der Waals surface area contributed by atoms with E-state index in [0.717, 1.165) is 24.0 Å². The Morgan fingerprint density at radius 1 is 0.706 bits per heavy atom. The maximum Gasteiger partial charge on any atom is 0.0625 e. The van der Waals surface area contributed by atoms with E-state index in [1.807, 2.05) is 0 Å². The normalized spacial score (nSPS) is 47.3. The Labute approximate surface area is 105 Å². The SMILES string of the molecule is C1C[C@@H]2CCCN3[C@H]2[C@@H](C1)CN1CCCC[C@H]13. The molecule has 4 aliphatic rings. The van der Waals surface area contributed by atoms with Gasteiger partial charge in [-0.1, -0.05) is 6.42 Å². The lowest BCUT2D eigenvalue weighted by molar-refractivity contribution is -0.128. The maximum atomic E-state index is 2.95. The van der Waals surface area contributed by atoms with Crippen LogP contribution >= 0.6 is 0 Å². The fraction of sp³-hybridized carbons (Fsp3) is 1.00. The summed E-state index contributed by atoms with van der Waals surface area (Å²) in [7, 11) is 0. The molecule has 4 atom stereocenters. The first kappa shape index (κ1) is 10.8. The lowest BCUT2D eigenvalue weighted by Crippen LogP contribution is -2.67. The summed E-state index contributed by atoms with van der Waals surface area (Å²) >= 11 is 0. The topological polar surface area (TPSA) is 6.48 Å². The zero-order valence-electron chi connectivity index (χ0n) is 11.0. The predicted molar refractivity (Wildman–Crippen MR) is 69.8 cm³/mol. The largest absolute Gasteiger partial charge is 0.288 e. The van der Waals surface area contributed by atoms with E-state index in [1.54, 1.807) is 0 Å². The minimum Gasteiger partial charge on any atom is -0.288 e. The first-order valence-electron chi connectivity index (χ1n) is 7.93. The minimum atomic E-state index is 0.839. The zero-order valence-corrected chi connectivity index (χ0v) is 11.0. The molecule has 17 heavy (non-hydrogen) atoms. The molecule has 0 aromatic heterocycles. The van der Waals surface area contributed by atoms with Gasteiger partial charge in [-0.3, -0.25) is 9.80 Å². The molecule has 0 spiro atoms. The van der Waals surface area contributed by atoms with Gasteiger partial charge in [-0.15, -0.1) is 0 Å². The van der Waals surface area contributed by atoms with E-state index in [2.05, 4.69) is 9.80 Å². The van der Waals surface area contributed by atoms with Crippen LogP contribution in [0, 0.1) is 11.8 Å². The zero-order chi connectivity index (χ0) is 11.2. The van der Waals surface area contributed by atoms with Crippen molar-refractivity contribution in [3.63, 3.8) is 0 Å². The van der Waals surface area contributed by atoms with Crippen molar-refractivity contribution < 1.29 is 0 Å². The van der Waals surface area contributed by atoms with Gasteiger partial charge < -0.3 is 0 Å². The Kier molecular flexibility index (Phi) is 2.69. The summed E-state index contributed by atoms with van der Waals surface area (Å²) in [6.07, 6.45) is 12.8. The van der Waals surface area contributed by atoms with Crippen molar-refractivity contribution in [1.82, 2.24) is 9.80 Å². The van der Waals surface area contributed by atoms with Crippen molar-refractivity contribution >= 4 is 0 Å². The molecule has 96 valence electrons. The first-order chi connectivity index (χ1) is 8.43. The van der Waals surface area contributed by atoms with Gasteiger partial charge in [0.15, 0.2) is 0 Å². The molecule has 3 aliphatic heterocycles. The summed E-state index contributed by atoms with van der Waals surface area (Å²) in [6, 6.07) is 0.983. The van der Waals surface area contributed by atoms with Crippen LogP contribution in [0.2, 0.25) is 0 Å². The third kappa shape index (κ3) is 1.67. The van der Waals surface area contributed by atoms with Crippen LogP contribution in [0.15, 0.2) is 0 Å². The standard InChI is InChI=1S/C15H26N2/c1-2-9-16-11-13-6-3-5-12-7-4-10-17(15(12)13)14(16)8-1/h12-15H,1-11H2/t12-,13+,14-,15-/m1/s1. The van der Waals surface area contributed by atoms with Crippen molar-refractivity contribution in [2.75, 3.05) is 19.6 Å². The molecule has 0 aromatic carbocycles. The molecule has 1 aliphatic carbocycles. The van der Waals surface area contributed by atoms with Gasteiger partial charge in [0.1, 0.15) is 0 Å². The van der Waals surface area contributed by atoms with Gasteiger partial charge in [0.2, 0.25) is 0 Å². The van der Waals surface area contributed by atoms with Crippen LogP contribution in [0.3, 0.4) is 0 Å². The van der Waals surface area contributed by atoms with E-state index in [0.29, 0.717) is 0 Å². The molecule has 3 heterocycles. The monoisotopic (exact) mass is 234 g/mol. The summed E-state index contributed by atoms with van der Waals surface area (Å²) in [5.41, 5.74) is 0. The molecule has 4 rings (SSSR count). The summed E-state index contributed by atoms with van der Waals surface area (Å²) in [5.74, 6) is 2.08. The molecule has 2 heteroatoms. The van der Waals surface area contributed by atoms with Gasteiger partial charge in [0.25, 0.3) is 0 Å². The van der Waals surface area contributed by atoms with E-state index in [-0.39, 0.29) is 0 Å². The van der Waals surface area contributed by atoms with Crippen LogP contribution in [0.5, 0.6) is 0 Å². The van der Waals surface area contributed by atoms with Crippen LogP contribution in [-0.4, -0.2) is 41.6 Å². The molecule has 0 radical (unpaired) electrons. The Morgan fingerprint density at radius 3 is 2.59 bits per heavy atom. The fourth-order valence-corrected chi connectivity index (χ4v) is 5.32. The Hall–Kier alpha value is -0.0800. The first-order valence-corrected chi connectivity index (χ1v) is 7.93. The molecule has 0 bridgehead atoms. The summed E-state index contributed by atoms with van der Waals surface area (Å²) in [6.45, 7) is 4.22. The molecule has 0 amide bonds. The highest BCUT2D eigenvalue weighted by Crippen LogP contribution is 2.44. The third-order valence-corrected chi connectivity index (χ3v) is 5.92. The highest BCUT2D eigenvalue weighted by atomic mass is 15.4. The highest BCUT2D eigenvalue weighted by molar-refractivity contribution is 5.00. The van der Waals surface area contributed by atoms with Gasteiger partial charge in [0, 0.05) is 12.6 Å². The lowest BCUT2D eigenvalue weighted by Gasteiger charge is -2.59. The number of rotatable bonds is 0. The predicted octanol–water partition coefficient (Wildman–Crippen LogP) is 2.69. The third-order valence-electron chi connectivity index (χ3n) is 5.92. The van der Waals surface area contributed by atoms with Gasteiger partial charge in [-0.25, -0.2) is 0 Å². The Balaban J connectivity index is 1.63. The highest BCUT2D eigenvalue weighted by Gasteiger charge is 2.47. The molecular weight excluding hydrogens is 208 g/mol. The van der Waals surface area contributed by atoms with Crippen molar-refractivity contribution in [2.45, 2.75) is 63.6 Å². The van der Waals surface area contributed by atoms with E-state index < -0.39 is 0 Å². The number of hydrogen-bond donors (Lipinski definition) is 0. The molecule has 1 saturated carbocycles. The second-order valence-corrected chi connectivity index (χ2v) is 6.79. The second kappa shape index (κ2) is 4.24. The van der Waals surface area contributed by atoms with Crippen LogP contribution in [-0.2, 0) is 0 Å². The number of piperidine rings is 2. The van der Waals surface area contributed by atoms with Crippen LogP contribution in [0.1, 0.15) is 51.4 Å². The van der Waals surface area contributed by atoms with Crippen molar-refractivity contribution in [2.24, 2.45) is 11.8 Å². The smallest absolute Gasteiger partial charge is 0.0625 e. The van der Waals surface area contributed by atoms with E-state index in [1.165, 1.54) is 71.0 Å². The quantitative estimate of drug-likeness (QED) is 0.636. The minimum absolute atomic E-state index is 0.839. The van der Waals surface area contributed by atoms with Gasteiger partial charge in [-0.05, 0) is 69.9 Å². The molecule has 2 nitrogen and oxygen atoms in total. The van der Waals surface area contributed by atoms with Crippen LogP contribution in [0.25, 0.3) is 0 Å². The average Bonchev–Trinajstić information content (AvgIpc) is 2.39. The van der Waals surface area contributed by atoms with Crippen LogP contribution in [0.4, 0.5) is 0 Å². The average molecular weight is 234 g/mol. The number of hydrogen-bond acceptors (Lipinski definition) is 2. The van der Waals surface area contributed by atoms with Gasteiger partial charge >= 0.3 is 0 Å². The Bertz CT molecular complexity index is 289. The van der Waals surface area contributed by atoms with Gasteiger partial charge in [0.05, 0.1) is 6.17 Å². The van der Waals surface area contributed by atoms with E-state index in [4.69, 9.17) is 0 Å². The summed E-state index contributed by atoms with van der Waals surface area (Å²) in [5, 5.41) is 0. The number of fused-ring (bicyclic) bond motifs is 2. The Morgan fingerprint density at radius 2 is 1.59 bits per heavy atom. The van der Waals surface area contributed by atoms with Crippen molar-refractivity contribution in [3.05, 3.63) is 0 Å². The summed E-state index contributed by atoms with van der Waals surface area (Å²) in [4.78, 5) is 5.78. The van der Waals surface area contributed by atoms with E-state index in [9.17, 15) is 0 Å². The molecule has 3 saturated heterocycles. The van der Waals surface area contributed by atoms with Crippen molar-refractivity contribution in [1.29, 1.82) is 0 Å². The van der Waals surface area contributed by atoms with Gasteiger partial charge in [-0.2, -0.15) is 0 Å². The number of nitrogens with zero attached hydrogens (tertiary/aromatic N) is 2. The lowest BCUT2D eigenvalue weighted by atomic mass is 9.70. The van der Waals surface area contributed by atoms with Crippen molar-refractivity contribution in [3.8, 4) is 0 Å². The molecule has 0 aromatic rings. The maximum absolute atomic E-state index is 2.95. The summed E-state index contributed by atoms with van der Waals surface area (Å²) < 4.78 is 0. The molecular formula is C15H26N2. The molecule has 0 unspecified atom stereocenters. The van der Waals surface area contributed by atoms with Crippen LogP contribution < -0.4 is 0 Å². The second-order valence-electron chi connectivity index (χ2n) is 6.79.